The van der Waals surface area contributed by atoms with Crippen LogP contribution in [0.4, 0.5) is 0 Å². The second kappa shape index (κ2) is 6.90. The average Bonchev–Trinajstić information content (AvgIpc) is 2.38. The Balaban J connectivity index is 3.10. The van der Waals surface area contributed by atoms with E-state index in [-0.39, 0.29) is 21.5 Å². The number of nitrogens with zero attached hydrogens (tertiary/aromatic N) is 1. The second-order valence-corrected chi connectivity index (χ2v) is 6.36. The summed E-state index contributed by atoms with van der Waals surface area (Å²) in [5, 5.41) is 8.95. The third-order valence-electron chi connectivity index (χ3n) is 2.80. The molecule has 4 nitrogen and oxygen atoms in total. The summed E-state index contributed by atoms with van der Waals surface area (Å²) < 4.78 is 27.2. The van der Waals surface area contributed by atoms with E-state index in [1.54, 1.807) is 0 Å². The maximum absolute atomic E-state index is 12.3. The Morgan fingerprint density at radius 1 is 1.42 bits per heavy atom. The number of sulfonamides is 1. The molecule has 1 aromatic rings. The summed E-state index contributed by atoms with van der Waals surface area (Å²) in [6.07, 6.45) is 2.38. The van der Waals surface area contributed by atoms with Gasteiger partial charge in [-0.15, -0.1) is 0 Å². The fraction of sp³-hybridized carbons (Fsp3) is 0.462. The van der Waals surface area contributed by atoms with Gasteiger partial charge in [-0.1, -0.05) is 31.9 Å². The van der Waals surface area contributed by atoms with Crippen molar-refractivity contribution in [1.29, 1.82) is 5.26 Å². The Morgan fingerprint density at radius 3 is 2.63 bits per heavy atom. The summed E-state index contributed by atoms with van der Waals surface area (Å²) in [7, 11) is -3.69. The minimum Gasteiger partial charge on any atom is -0.208 e. The lowest BCUT2D eigenvalue weighted by Gasteiger charge is -2.16. The van der Waals surface area contributed by atoms with Gasteiger partial charge < -0.3 is 0 Å². The van der Waals surface area contributed by atoms with Gasteiger partial charge in [0.1, 0.15) is 4.90 Å². The van der Waals surface area contributed by atoms with Gasteiger partial charge in [0.15, 0.2) is 0 Å². The highest BCUT2D eigenvalue weighted by Crippen LogP contribution is 2.23. The molecule has 19 heavy (non-hydrogen) atoms. The fourth-order valence-electron chi connectivity index (χ4n) is 1.76. The number of hydrogen-bond acceptors (Lipinski definition) is 3. The SMILES string of the molecule is CCCC(CC)NS(=O)(=O)c1cc(C#N)ccc1Cl. The zero-order chi connectivity index (χ0) is 14.5. The zero-order valence-electron chi connectivity index (χ0n) is 11.0. The molecule has 0 saturated heterocycles. The van der Waals surface area contributed by atoms with Crippen molar-refractivity contribution in [2.75, 3.05) is 0 Å². The van der Waals surface area contributed by atoms with Crippen molar-refractivity contribution in [2.45, 2.75) is 44.0 Å². The van der Waals surface area contributed by atoms with Crippen LogP contribution in [-0.2, 0) is 10.0 Å². The number of hydrogen-bond donors (Lipinski definition) is 1. The van der Waals surface area contributed by atoms with Crippen molar-refractivity contribution in [2.24, 2.45) is 0 Å². The molecule has 1 aromatic carbocycles. The van der Waals surface area contributed by atoms with E-state index >= 15 is 0 Å². The van der Waals surface area contributed by atoms with Crippen molar-refractivity contribution in [1.82, 2.24) is 4.72 Å². The fourth-order valence-corrected chi connectivity index (χ4v) is 3.64. The number of nitrogens with one attached hydrogen (secondary N) is 1. The maximum Gasteiger partial charge on any atom is 0.242 e. The van der Waals surface area contributed by atoms with Gasteiger partial charge in [0.25, 0.3) is 0 Å². The van der Waals surface area contributed by atoms with Crippen LogP contribution in [-0.4, -0.2) is 14.5 Å². The highest BCUT2D eigenvalue weighted by molar-refractivity contribution is 7.89. The van der Waals surface area contributed by atoms with E-state index in [1.807, 2.05) is 19.9 Å². The highest BCUT2D eigenvalue weighted by atomic mass is 35.5. The molecule has 0 spiro atoms. The maximum atomic E-state index is 12.3. The van der Waals surface area contributed by atoms with Gasteiger partial charge >= 0.3 is 0 Å². The molecule has 1 rings (SSSR count). The van der Waals surface area contributed by atoms with Gasteiger partial charge in [0, 0.05) is 6.04 Å². The van der Waals surface area contributed by atoms with Crippen LogP contribution in [0, 0.1) is 11.3 Å². The van der Waals surface area contributed by atoms with Crippen LogP contribution in [0.1, 0.15) is 38.7 Å². The third-order valence-corrected chi connectivity index (χ3v) is 4.80. The lowest BCUT2D eigenvalue weighted by molar-refractivity contribution is 0.512. The van der Waals surface area contributed by atoms with E-state index < -0.39 is 10.0 Å². The average molecular weight is 301 g/mol. The first-order valence-corrected chi connectivity index (χ1v) is 8.02. The number of benzene rings is 1. The topological polar surface area (TPSA) is 70.0 Å². The summed E-state index contributed by atoms with van der Waals surface area (Å²) in [4.78, 5) is -0.0391. The molecule has 0 radical (unpaired) electrons. The molecule has 0 aliphatic carbocycles. The van der Waals surface area contributed by atoms with E-state index in [9.17, 15) is 8.42 Å². The predicted octanol–water partition coefficient (Wildman–Crippen LogP) is 3.07. The largest absolute Gasteiger partial charge is 0.242 e. The first kappa shape index (κ1) is 16.0. The number of halogens is 1. The smallest absolute Gasteiger partial charge is 0.208 e. The molecule has 0 aromatic heterocycles. The molecule has 1 N–H and O–H groups in total. The zero-order valence-corrected chi connectivity index (χ0v) is 12.6. The van der Waals surface area contributed by atoms with E-state index in [2.05, 4.69) is 4.72 Å². The summed E-state index contributed by atoms with van der Waals surface area (Å²) in [5.74, 6) is 0. The van der Waals surface area contributed by atoms with Crippen LogP contribution in [0.3, 0.4) is 0 Å². The molecule has 104 valence electrons. The van der Waals surface area contributed by atoms with Crippen LogP contribution in [0.2, 0.25) is 5.02 Å². The standard InChI is InChI=1S/C13H17ClN2O2S/c1-3-5-11(4-2)16-19(17,18)13-8-10(9-15)6-7-12(13)14/h6-8,11,16H,3-5H2,1-2H3. The molecule has 0 saturated carbocycles. The minimum atomic E-state index is -3.69. The van der Waals surface area contributed by atoms with Crippen molar-refractivity contribution in [3.8, 4) is 6.07 Å². The highest BCUT2D eigenvalue weighted by Gasteiger charge is 2.21. The lowest BCUT2D eigenvalue weighted by atomic mass is 10.1. The van der Waals surface area contributed by atoms with Crippen LogP contribution in [0.25, 0.3) is 0 Å². The number of rotatable bonds is 6. The lowest BCUT2D eigenvalue weighted by Crippen LogP contribution is -2.34. The molecule has 0 fully saturated rings. The number of nitriles is 1. The van der Waals surface area contributed by atoms with Gasteiger partial charge in [-0.2, -0.15) is 5.26 Å². The molecule has 0 amide bonds. The summed E-state index contributed by atoms with van der Waals surface area (Å²) in [6, 6.07) is 6.01. The first-order chi connectivity index (χ1) is 8.94. The van der Waals surface area contributed by atoms with Crippen LogP contribution >= 0.6 is 11.6 Å². The normalized spacial score (nSPS) is 12.9. The summed E-state index contributed by atoms with van der Waals surface area (Å²) in [6.45, 7) is 3.93. The van der Waals surface area contributed by atoms with Crippen LogP contribution in [0.15, 0.2) is 23.1 Å². The van der Waals surface area contributed by atoms with Gasteiger partial charge in [0.2, 0.25) is 10.0 Å². The molecule has 0 bridgehead atoms. The molecule has 0 aliphatic rings. The molecule has 1 unspecified atom stereocenters. The molecule has 0 aliphatic heterocycles. The Kier molecular flexibility index (Phi) is 5.80. The third kappa shape index (κ3) is 4.20. The van der Waals surface area contributed by atoms with Crippen LogP contribution < -0.4 is 4.72 Å². The Morgan fingerprint density at radius 2 is 2.11 bits per heavy atom. The van der Waals surface area contributed by atoms with Crippen LogP contribution in [0.5, 0.6) is 0 Å². The van der Waals surface area contributed by atoms with Crippen molar-refractivity contribution >= 4 is 21.6 Å². The van der Waals surface area contributed by atoms with Crippen molar-refractivity contribution in [3.63, 3.8) is 0 Å². The quantitative estimate of drug-likeness (QED) is 0.877. The predicted molar refractivity (Wildman–Crippen MR) is 75.5 cm³/mol. The Hall–Kier alpha value is -1.09. The molecular formula is C13H17ClN2O2S. The van der Waals surface area contributed by atoms with Crippen molar-refractivity contribution < 1.29 is 8.42 Å². The van der Waals surface area contributed by atoms with Crippen molar-refractivity contribution in [3.05, 3.63) is 28.8 Å². The second-order valence-electron chi connectivity index (χ2n) is 4.27. The van der Waals surface area contributed by atoms with Gasteiger partial charge in [-0.25, -0.2) is 13.1 Å². The van der Waals surface area contributed by atoms with Gasteiger partial charge in [-0.3, -0.25) is 0 Å². The van der Waals surface area contributed by atoms with Gasteiger partial charge in [0.05, 0.1) is 16.7 Å². The van der Waals surface area contributed by atoms with E-state index in [0.717, 1.165) is 12.8 Å². The van der Waals surface area contributed by atoms with E-state index in [4.69, 9.17) is 16.9 Å². The molecular weight excluding hydrogens is 284 g/mol. The minimum absolute atomic E-state index is 0.0391. The molecule has 0 heterocycles. The Bertz CT molecular complexity index is 579. The van der Waals surface area contributed by atoms with E-state index in [1.165, 1.54) is 18.2 Å². The monoisotopic (exact) mass is 300 g/mol. The summed E-state index contributed by atoms with van der Waals surface area (Å²) >= 11 is 5.91. The summed E-state index contributed by atoms with van der Waals surface area (Å²) in [5.41, 5.74) is 0.272. The van der Waals surface area contributed by atoms with Gasteiger partial charge in [-0.05, 0) is 31.0 Å². The first-order valence-electron chi connectivity index (χ1n) is 6.16. The molecule has 1 atom stereocenters. The Labute approximate surface area is 119 Å². The van der Waals surface area contributed by atoms with E-state index in [0.29, 0.717) is 6.42 Å². The molecule has 6 heteroatoms.